The molecule has 1 saturated heterocycles. The van der Waals surface area contributed by atoms with E-state index in [2.05, 4.69) is 10.2 Å². The van der Waals surface area contributed by atoms with Crippen molar-refractivity contribution in [1.82, 2.24) is 10.2 Å². The summed E-state index contributed by atoms with van der Waals surface area (Å²) >= 11 is 0. The number of nitrogens with one attached hydrogen (secondary N) is 1. The van der Waals surface area contributed by atoms with Crippen LogP contribution in [-0.4, -0.2) is 30.0 Å². The molecule has 1 aromatic carbocycles. The summed E-state index contributed by atoms with van der Waals surface area (Å²) in [6, 6.07) is 5.85. The summed E-state index contributed by atoms with van der Waals surface area (Å²) in [6.07, 6.45) is -2.53. The van der Waals surface area contributed by atoms with E-state index in [1.54, 1.807) is 6.92 Å². The molecule has 5 nitrogen and oxygen atoms in total. The van der Waals surface area contributed by atoms with E-state index in [4.69, 9.17) is 4.74 Å². The Hall–Kier alpha value is -1.87. The normalized spacial score (nSPS) is 26.4. The van der Waals surface area contributed by atoms with Crippen LogP contribution in [0.1, 0.15) is 61.6 Å². The molecule has 1 aromatic heterocycles. The first kappa shape index (κ1) is 19.4. The van der Waals surface area contributed by atoms with Gasteiger partial charge in [0.15, 0.2) is 9.84 Å². The van der Waals surface area contributed by atoms with Gasteiger partial charge < -0.3 is 4.74 Å². The Balaban J connectivity index is 1.62. The fraction of sp³-hybridized carbons (Fsp3) is 0.526. The van der Waals surface area contributed by atoms with Gasteiger partial charge in [-0.25, -0.2) is 8.42 Å². The third-order valence-electron chi connectivity index (χ3n) is 5.65. The van der Waals surface area contributed by atoms with Crippen molar-refractivity contribution in [1.29, 1.82) is 0 Å². The van der Waals surface area contributed by atoms with Crippen LogP contribution in [0.5, 0.6) is 0 Å². The van der Waals surface area contributed by atoms with Gasteiger partial charge >= 0.3 is 6.18 Å². The monoisotopic (exact) mass is 414 g/mol. The summed E-state index contributed by atoms with van der Waals surface area (Å²) in [6.45, 7) is 1.79. The molecule has 2 atom stereocenters. The number of benzene rings is 1. The minimum absolute atomic E-state index is 0.151. The first-order valence-corrected chi connectivity index (χ1v) is 10.7. The van der Waals surface area contributed by atoms with Crippen LogP contribution in [0.25, 0.3) is 0 Å². The van der Waals surface area contributed by atoms with Crippen molar-refractivity contribution in [2.75, 3.05) is 6.61 Å². The Kier molecular flexibility index (Phi) is 4.58. The van der Waals surface area contributed by atoms with Gasteiger partial charge in [0.05, 0.1) is 26.6 Å². The van der Waals surface area contributed by atoms with Gasteiger partial charge in [0.25, 0.3) is 0 Å². The molecule has 152 valence electrons. The summed E-state index contributed by atoms with van der Waals surface area (Å²) in [5, 5.41) is 7.22. The topological polar surface area (TPSA) is 72.1 Å². The average molecular weight is 414 g/mol. The number of hydrogen-bond donors (Lipinski definition) is 1. The molecule has 1 aliphatic carbocycles. The summed E-state index contributed by atoms with van der Waals surface area (Å²) in [4.78, 5) is -0.311. The molecule has 0 bridgehead atoms. The van der Waals surface area contributed by atoms with Crippen molar-refractivity contribution in [2.45, 2.75) is 60.4 Å². The van der Waals surface area contributed by atoms with Gasteiger partial charge in [-0.05, 0) is 56.9 Å². The number of H-pyrrole nitrogens is 1. The van der Waals surface area contributed by atoms with E-state index in [9.17, 15) is 21.6 Å². The summed E-state index contributed by atoms with van der Waals surface area (Å²) in [7, 11) is -4.00. The number of aromatic amines is 1. The smallest absolute Gasteiger partial charge is 0.372 e. The zero-order chi connectivity index (χ0) is 20.2. The SMILES string of the molecule is CC1(S(=O)(=O)c2cccc(C(F)(F)F)c2)CCOC(c2cc(C3CC3)n[nH]2)C1. The first-order chi connectivity index (χ1) is 13.1. The number of ether oxygens (including phenoxy) is 1. The standard InChI is InChI=1S/C19H21F3N2O3S/c1-18(28(25,26)14-4-2-3-13(9-14)19(20,21)22)7-8-27-17(11-18)16-10-15(23-24-16)12-5-6-12/h2-4,9-10,12,17H,5-8,11H2,1H3,(H,23,24). The molecular formula is C19H21F3N2O3S. The highest BCUT2D eigenvalue weighted by Gasteiger charge is 2.46. The number of halogens is 3. The number of sulfone groups is 1. The highest BCUT2D eigenvalue weighted by Crippen LogP contribution is 2.44. The van der Waals surface area contributed by atoms with E-state index in [1.807, 2.05) is 6.07 Å². The van der Waals surface area contributed by atoms with Crippen LogP contribution >= 0.6 is 0 Å². The summed E-state index contributed by atoms with van der Waals surface area (Å²) < 4.78 is 70.1. The second-order valence-corrected chi connectivity index (χ2v) is 10.3. The van der Waals surface area contributed by atoms with Gasteiger partial charge in [-0.2, -0.15) is 18.3 Å². The first-order valence-electron chi connectivity index (χ1n) is 9.19. The lowest BCUT2D eigenvalue weighted by molar-refractivity contribution is -0.137. The Labute approximate surface area is 161 Å². The molecule has 0 radical (unpaired) electrons. The van der Waals surface area contributed by atoms with Crippen molar-refractivity contribution in [3.63, 3.8) is 0 Å². The van der Waals surface area contributed by atoms with Crippen LogP contribution in [0.3, 0.4) is 0 Å². The third kappa shape index (κ3) is 3.45. The quantitative estimate of drug-likeness (QED) is 0.805. The van der Waals surface area contributed by atoms with Gasteiger partial charge in [-0.1, -0.05) is 6.07 Å². The minimum atomic E-state index is -4.60. The predicted octanol–water partition coefficient (Wildman–Crippen LogP) is 4.39. The highest BCUT2D eigenvalue weighted by molar-refractivity contribution is 7.92. The number of nitrogens with zero attached hydrogens (tertiary/aromatic N) is 1. The van der Waals surface area contributed by atoms with Crippen molar-refractivity contribution < 1.29 is 26.3 Å². The van der Waals surface area contributed by atoms with Crippen molar-refractivity contribution in [3.8, 4) is 0 Å². The Bertz CT molecular complexity index is 982. The van der Waals surface area contributed by atoms with E-state index in [0.29, 0.717) is 17.7 Å². The second-order valence-electron chi connectivity index (χ2n) is 7.81. The van der Waals surface area contributed by atoms with Crippen LogP contribution in [-0.2, 0) is 20.8 Å². The summed E-state index contributed by atoms with van der Waals surface area (Å²) in [5.41, 5.74) is 0.696. The van der Waals surface area contributed by atoms with Crippen LogP contribution in [0.2, 0.25) is 0 Å². The van der Waals surface area contributed by atoms with Gasteiger partial charge in [0.2, 0.25) is 0 Å². The second kappa shape index (κ2) is 6.59. The van der Waals surface area contributed by atoms with Crippen molar-refractivity contribution in [2.24, 2.45) is 0 Å². The summed E-state index contributed by atoms with van der Waals surface area (Å²) in [5.74, 6) is 0.453. The number of rotatable bonds is 4. The van der Waals surface area contributed by atoms with E-state index in [1.165, 1.54) is 6.07 Å². The van der Waals surface area contributed by atoms with Crippen LogP contribution in [0, 0.1) is 0 Å². The maximum Gasteiger partial charge on any atom is 0.416 e. The van der Waals surface area contributed by atoms with E-state index in [0.717, 1.165) is 30.7 Å². The maximum atomic E-state index is 13.2. The van der Waals surface area contributed by atoms with Crippen LogP contribution in [0.4, 0.5) is 13.2 Å². The maximum absolute atomic E-state index is 13.2. The fourth-order valence-corrected chi connectivity index (χ4v) is 5.48. The zero-order valence-corrected chi connectivity index (χ0v) is 16.1. The Morgan fingerprint density at radius 3 is 2.68 bits per heavy atom. The molecule has 1 N–H and O–H groups in total. The molecule has 28 heavy (non-hydrogen) atoms. The molecule has 2 unspecified atom stereocenters. The lowest BCUT2D eigenvalue weighted by Crippen LogP contribution is -2.42. The molecule has 4 rings (SSSR count). The Morgan fingerprint density at radius 1 is 1.25 bits per heavy atom. The van der Waals surface area contributed by atoms with Gasteiger partial charge in [0.1, 0.15) is 6.10 Å². The van der Waals surface area contributed by atoms with Crippen LogP contribution in [0.15, 0.2) is 35.2 Å². The highest BCUT2D eigenvalue weighted by atomic mass is 32.2. The molecule has 0 amide bonds. The third-order valence-corrected chi connectivity index (χ3v) is 8.19. The average Bonchev–Trinajstić information content (AvgIpc) is 3.38. The number of hydrogen-bond acceptors (Lipinski definition) is 4. The van der Waals surface area contributed by atoms with Gasteiger partial charge in [-0.3, -0.25) is 5.10 Å². The number of aromatic nitrogens is 2. The van der Waals surface area contributed by atoms with Crippen LogP contribution < -0.4 is 0 Å². The molecule has 1 aliphatic heterocycles. The molecule has 2 aliphatic rings. The van der Waals surface area contributed by atoms with Gasteiger partial charge in [0, 0.05) is 12.5 Å². The lowest BCUT2D eigenvalue weighted by atomic mass is 9.94. The van der Waals surface area contributed by atoms with E-state index < -0.39 is 32.4 Å². The number of alkyl halides is 3. The molecule has 0 spiro atoms. The molecule has 1 saturated carbocycles. The van der Waals surface area contributed by atoms with E-state index in [-0.39, 0.29) is 24.3 Å². The molecule has 2 heterocycles. The van der Waals surface area contributed by atoms with Crippen molar-refractivity contribution in [3.05, 3.63) is 47.3 Å². The molecule has 9 heteroatoms. The fourth-order valence-electron chi connectivity index (χ4n) is 3.64. The molecule has 2 fully saturated rings. The van der Waals surface area contributed by atoms with Crippen molar-refractivity contribution >= 4 is 9.84 Å². The van der Waals surface area contributed by atoms with Gasteiger partial charge in [-0.15, -0.1) is 0 Å². The predicted molar refractivity (Wildman–Crippen MR) is 95.5 cm³/mol. The largest absolute Gasteiger partial charge is 0.416 e. The molecular weight excluding hydrogens is 393 g/mol. The minimum Gasteiger partial charge on any atom is -0.372 e. The van der Waals surface area contributed by atoms with E-state index >= 15 is 0 Å². The Morgan fingerprint density at radius 2 is 2.00 bits per heavy atom. The molecule has 2 aromatic rings. The zero-order valence-electron chi connectivity index (χ0n) is 15.3. The lowest BCUT2D eigenvalue weighted by Gasteiger charge is -2.37.